The molecule has 0 radical (unpaired) electrons. The molecule has 0 aromatic heterocycles. The first-order chi connectivity index (χ1) is 9.47. The van der Waals surface area contributed by atoms with Gasteiger partial charge in [0.25, 0.3) is 0 Å². The first-order valence-electron chi connectivity index (χ1n) is 6.76. The Morgan fingerprint density at radius 2 is 1.90 bits per heavy atom. The summed E-state index contributed by atoms with van der Waals surface area (Å²) in [7, 11) is 0. The van der Waals surface area contributed by atoms with Crippen molar-refractivity contribution in [2.45, 2.75) is 31.5 Å². The van der Waals surface area contributed by atoms with Crippen molar-refractivity contribution in [2.24, 2.45) is 0 Å². The molecule has 1 aliphatic heterocycles. The zero-order valence-corrected chi connectivity index (χ0v) is 11.1. The second kappa shape index (κ2) is 6.54. The van der Waals surface area contributed by atoms with Gasteiger partial charge in [0.15, 0.2) is 0 Å². The number of hydrogen-bond acceptors (Lipinski definition) is 2. The Morgan fingerprint density at radius 3 is 2.55 bits per heavy atom. The zero-order chi connectivity index (χ0) is 14.6. The third-order valence-corrected chi connectivity index (χ3v) is 3.54. The Kier molecular flexibility index (Phi) is 4.99. The van der Waals surface area contributed by atoms with Crippen LogP contribution in [-0.2, 0) is 12.6 Å². The summed E-state index contributed by atoms with van der Waals surface area (Å²) in [6.07, 6.45) is -2.30. The van der Waals surface area contributed by atoms with Gasteiger partial charge in [0, 0.05) is 6.04 Å². The van der Waals surface area contributed by atoms with Gasteiger partial charge in [-0.2, -0.15) is 13.2 Å². The monoisotopic (exact) mass is 290 g/mol. The fourth-order valence-electron chi connectivity index (χ4n) is 2.47. The van der Waals surface area contributed by atoms with Crippen LogP contribution in [0.2, 0.25) is 0 Å². The lowest BCUT2D eigenvalue weighted by molar-refractivity contribution is -0.138. The topological polar surface area (TPSA) is 24.1 Å². The summed E-state index contributed by atoms with van der Waals surface area (Å²) in [6, 6.07) is 3.23. The van der Waals surface area contributed by atoms with Gasteiger partial charge in [-0.25, -0.2) is 4.39 Å². The SMILES string of the molecule is Fc1ccc(CCNC2CCNCC2)c(C(F)(F)F)c1. The highest BCUT2D eigenvalue weighted by Gasteiger charge is 2.33. The maximum atomic E-state index is 13.0. The molecule has 112 valence electrons. The van der Waals surface area contributed by atoms with Gasteiger partial charge in [0.2, 0.25) is 0 Å². The van der Waals surface area contributed by atoms with Crippen molar-refractivity contribution in [1.29, 1.82) is 0 Å². The molecule has 20 heavy (non-hydrogen) atoms. The molecule has 2 nitrogen and oxygen atoms in total. The maximum absolute atomic E-state index is 13.0. The van der Waals surface area contributed by atoms with Crippen molar-refractivity contribution in [3.8, 4) is 0 Å². The third kappa shape index (κ3) is 4.18. The Morgan fingerprint density at radius 1 is 1.20 bits per heavy atom. The molecule has 2 N–H and O–H groups in total. The lowest BCUT2D eigenvalue weighted by Gasteiger charge is -2.24. The minimum Gasteiger partial charge on any atom is -0.317 e. The molecule has 1 aliphatic rings. The average Bonchev–Trinajstić information content (AvgIpc) is 2.40. The van der Waals surface area contributed by atoms with E-state index in [1.807, 2.05) is 0 Å². The predicted molar refractivity (Wildman–Crippen MR) is 69.0 cm³/mol. The van der Waals surface area contributed by atoms with Crippen LogP contribution in [0.15, 0.2) is 18.2 Å². The Hall–Kier alpha value is -1.14. The van der Waals surface area contributed by atoms with Crippen LogP contribution in [0.5, 0.6) is 0 Å². The van der Waals surface area contributed by atoms with Gasteiger partial charge in [-0.05, 0) is 56.6 Å². The highest BCUT2D eigenvalue weighted by atomic mass is 19.4. The molecule has 0 aliphatic carbocycles. The molecule has 0 atom stereocenters. The molecule has 1 aromatic rings. The van der Waals surface area contributed by atoms with E-state index in [1.165, 1.54) is 6.07 Å². The van der Waals surface area contributed by atoms with E-state index < -0.39 is 17.6 Å². The molecule has 1 heterocycles. The van der Waals surface area contributed by atoms with Gasteiger partial charge in [-0.1, -0.05) is 6.07 Å². The number of halogens is 4. The Balaban J connectivity index is 1.95. The maximum Gasteiger partial charge on any atom is 0.416 e. The number of piperidine rings is 1. The predicted octanol–water partition coefficient (Wildman–Crippen LogP) is 2.73. The summed E-state index contributed by atoms with van der Waals surface area (Å²) < 4.78 is 51.4. The quantitative estimate of drug-likeness (QED) is 0.833. The Labute approximate surface area is 115 Å². The largest absolute Gasteiger partial charge is 0.416 e. The van der Waals surface area contributed by atoms with E-state index in [0.717, 1.165) is 32.0 Å². The average molecular weight is 290 g/mol. The van der Waals surface area contributed by atoms with E-state index >= 15 is 0 Å². The summed E-state index contributed by atoms with van der Waals surface area (Å²) in [5, 5.41) is 6.49. The van der Waals surface area contributed by atoms with E-state index in [2.05, 4.69) is 10.6 Å². The molecule has 1 saturated heterocycles. The Bertz CT molecular complexity index is 439. The van der Waals surface area contributed by atoms with Crippen LogP contribution in [0.1, 0.15) is 24.0 Å². The fraction of sp³-hybridized carbons (Fsp3) is 0.571. The molecule has 0 unspecified atom stereocenters. The third-order valence-electron chi connectivity index (χ3n) is 3.54. The van der Waals surface area contributed by atoms with Gasteiger partial charge in [-0.3, -0.25) is 0 Å². The van der Waals surface area contributed by atoms with Crippen molar-refractivity contribution < 1.29 is 17.6 Å². The summed E-state index contributed by atoms with van der Waals surface area (Å²) in [4.78, 5) is 0. The number of nitrogens with one attached hydrogen (secondary N) is 2. The van der Waals surface area contributed by atoms with Gasteiger partial charge < -0.3 is 10.6 Å². The zero-order valence-electron chi connectivity index (χ0n) is 11.1. The van der Waals surface area contributed by atoms with Gasteiger partial charge >= 0.3 is 6.18 Å². The molecule has 1 fully saturated rings. The van der Waals surface area contributed by atoms with Gasteiger partial charge in [0.05, 0.1) is 5.56 Å². The van der Waals surface area contributed by atoms with Crippen LogP contribution in [0, 0.1) is 5.82 Å². The minimum absolute atomic E-state index is 0.139. The molecular formula is C14H18F4N2. The molecule has 0 spiro atoms. The summed E-state index contributed by atoms with van der Waals surface area (Å²) in [6.45, 7) is 2.34. The van der Waals surface area contributed by atoms with Crippen LogP contribution in [-0.4, -0.2) is 25.7 Å². The molecule has 6 heteroatoms. The number of alkyl halides is 3. The van der Waals surface area contributed by atoms with E-state index in [-0.39, 0.29) is 12.0 Å². The second-order valence-electron chi connectivity index (χ2n) is 5.03. The molecule has 0 amide bonds. The van der Waals surface area contributed by atoms with Crippen molar-refractivity contribution in [3.05, 3.63) is 35.1 Å². The summed E-state index contributed by atoms with van der Waals surface area (Å²) in [5.41, 5.74) is -0.732. The van der Waals surface area contributed by atoms with Gasteiger partial charge in [0.1, 0.15) is 5.82 Å². The van der Waals surface area contributed by atoms with Crippen LogP contribution in [0.3, 0.4) is 0 Å². The lowest BCUT2D eigenvalue weighted by Crippen LogP contribution is -2.40. The van der Waals surface area contributed by atoms with E-state index in [9.17, 15) is 17.6 Å². The van der Waals surface area contributed by atoms with E-state index in [1.54, 1.807) is 0 Å². The van der Waals surface area contributed by atoms with E-state index in [4.69, 9.17) is 0 Å². The van der Waals surface area contributed by atoms with Crippen LogP contribution in [0.4, 0.5) is 17.6 Å². The number of rotatable bonds is 4. The lowest BCUT2D eigenvalue weighted by atomic mass is 10.0. The fourth-order valence-corrected chi connectivity index (χ4v) is 2.47. The summed E-state index contributed by atoms with van der Waals surface area (Å²) >= 11 is 0. The molecule has 1 aromatic carbocycles. The number of hydrogen-bond donors (Lipinski definition) is 2. The van der Waals surface area contributed by atoms with Crippen LogP contribution < -0.4 is 10.6 Å². The van der Waals surface area contributed by atoms with Crippen molar-refractivity contribution >= 4 is 0 Å². The molecular weight excluding hydrogens is 272 g/mol. The van der Waals surface area contributed by atoms with Crippen LogP contribution >= 0.6 is 0 Å². The smallest absolute Gasteiger partial charge is 0.317 e. The van der Waals surface area contributed by atoms with E-state index in [0.29, 0.717) is 18.7 Å². The summed E-state index contributed by atoms with van der Waals surface area (Å²) in [5.74, 6) is -0.854. The first kappa shape index (κ1) is 15.3. The molecule has 0 bridgehead atoms. The minimum atomic E-state index is -4.51. The van der Waals surface area contributed by atoms with Crippen molar-refractivity contribution in [3.63, 3.8) is 0 Å². The highest BCUT2D eigenvalue weighted by molar-refractivity contribution is 5.30. The second-order valence-corrected chi connectivity index (χ2v) is 5.03. The first-order valence-corrected chi connectivity index (χ1v) is 6.76. The number of benzene rings is 1. The standard InChI is InChI=1S/C14H18F4N2/c15-11-2-1-10(13(9-11)14(16,17)18)3-8-20-12-4-6-19-7-5-12/h1-2,9,12,19-20H,3-8H2. The highest BCUT2D eigenvalue weighted by Crippen LogP contribution is 2.32. The van der Waals surface area contributed by atoms with Crippen LogP contribution in [0.25, 0.3) is 0 Å². The normalized spacial score (nSPS) is 17.4. The molecule has 0 saturated carbocycles. The van der Waals surface area contributed by atoms with Crippen molar-refractivity contribution in [1.82, 2.24) is 10.6 Å². The van der Waals surface area contributed by atoms with Gasteiger partial charge in [-0.15, -0.1) is 0 Å². The van der Waals surface area contributed by atoms with Crippen molar-refractivity contribution in [2.75, 3.05) is 19.6 Å². The molecule has 2 rings (SSSR count).